The van der Waals surface area contributed by atoms with Crippen molar-refractivity contribution in [3.63, 3.8) is 0 Å². The van der Waals surface area contributed by atoms with Gasteiger partial charge in [-0.1, -0.05) is 60.2 Å². The highest BCUT2D eigenvalue weighted by atomic mass is 16.1. The van der Waals surface area contributed by atoms with Gasteiger partial charge < -0.3 is 0 Å². The predicted molar refractivity (Wildman–Crippen MR) is 86.4 cm³/mol. The SMILES string of the molecule is Cc1ccc([C@@H]2C(=O)CCC[C@H]2Cc2ccccc2)cc1. The smallest absolute Gasteiger partial charge is 0.140 e. The molecule has 21 heavy (non-hydrogen) atoms. The van der Waals surface area contributed by atoms with Gasteiger partial charge in [-0.05, 0) is 43.2 Å². The van der Waals surface area contributed by atoms with E-state index in [2.05, 4.69) is 55.5 Å². The highest BCUT2D eigenvalue weighted by Gasteiger charge is 2.32. The number of rotatable bonds is 3. The van der Waals surface area contributed by atoms with Gasteiger partial charge in [-0.3, -0.25) is 4.79 Å². The molecule has 0 heterocycles. The summed E-state index contributed by atoms with van der Waals surface area (Å²) in [5.74, 6) is 0.946. The number of hydrogen-bond acceptors (Lipinski definition) is 1. The highest BCUT2D eigenvalue weighted by Crippen LogP contribution is 2.37. The van der Waals surface area contributed by atoms with Crippen LogP contribution in [-0.4, -0.2) is 5.78 Å². The summed E-state index contributed by atoms with van der Waals surface area (Å²) in [6, 6.07) is 19.1. The van der Waals surface area contributed by atoms with Gasteiger partial charge in [0, 0.05) is 12.3 Å². The van der Waals surface area contributed by atoms with E-state index < -0.39 is 0 Å². The van der Waals surface area contributed by atoms with Crippen molar-refractivity contribution in [3.05, 3.63) is 71.3 Å². The van der Waals surface area contributed by atoms with Crippen LogP contribution < -0.4 is 0 Å². The second-order valence-corrected chi connectivity index (χ2v) is 6.20. The maximum atomic E-state index is 12.5. The Labute approximate surface area is 127 Å². The predicted octanol–water partition coefficient (Wildman–Crippen LogP) is 4.69. The molecule has 2 atom stereocenters. The van der Waals surface area contributed by atoms with E-state index in [0.29, 0.717) is 11.7 Å². The monoisotopic (exact) mass is 278 g/mol. The van der Waals surface area contributed by atoms with E-state index in [9.17, 15) is 4.79 Å². The van der Waals surface area contributed by atoms with Crippen LogP contribution in [0, 0.1) is 12.8 Å². The standard InChI is InChI=1S/C20H22O/c1-15-10-12-17(13-11-15)20-18(8-5-9-19(20)21)14-16-6-3-2-4-7-16/h2-4,6-7,10-13,18,20H,5,8-9,14H2,1H3/t18-,20-/m0/s1. The van der Waals surface area contributed by atoms with Crippen LogP contribution in [0.5, 0.6) is 0 Å². The van der Waals surface area contributed by atoms with E-state index in [-0.39, 0.29) is 5.92 Å². The zero-order valence-electron chi connectivity index (χ0n) is 12.6. The second kappa shape index (κ2) is 6.26. The highest BCUT2D eigenvalue weighted by molar-refractivity contribution is 5.86. The molecule has 0 saturated heterocycles. The van der Waals surface area contributed by atoms with Gasteiger partial charge in [0.15, 0.2) is 0 Å². The van der Waals surface area contributed by atoms with Crippen LogP contribution in [0.25, 0.3) is 0 Å². The van der Waals surface area contributed by atoms with Crippen LogP contribution in [0.2, 0.25) is 0 Å². The molecule has 1 saturated carbocycles. The number of Topliss-reactive ketones (excluding diaryl/α,β-unsaturated/α-hetero) is 1. The molecule has 108 valence electrons. The summed E-state index contributed by atoms with van der Waals surface area (Å²) in [5, 5.41) is 0. The van der Waals surface area contributed by atoms with Gasteiger partial charge in [0.05, 0.1) is 0 Å². The van der Waals surface area contributed by atoms with E-state index in [1.54, 1.807) is 0 Å². The quantitative estimate of drug-likeness (QED) is 0.796. The summed E-state index contributed by atoms with van der Waals surface area (Å²) in [6.45, 7) is 2.09. The van der Waals surface area contributed by atoms with E-state index in [0.717, 1.165) is 25.7 Å². The summed E-state index contributed by atoms with van der Waals surface area (Å²) in [6.07, 6.45) is 3.94. The normalized spacial score (nSPS) is 22.2. The van der Waals surface area contributed by atoms with Gasteiger partial charge in [0.25, 0.3) is 0 Å². The molecule has 1 aliphatic rings. The fraction of sp³-hybridized carbons (Fsp3) is 0.350. The summed E-state index contributed by atoms with van der Waals surface area (Å²) in [4.78, 5) is 12.5. The average molecular weight is 278 g/mol. The first-order chi connectivity index (χ1) is 10.2. The Balaban J connectivity index is 1.86. The Bertz CT molecular complexity index is 597. The summed E-state index contributed by atoms with van der Waals surface area (Å²) < 4.78 is 0. The molecular weight excluding hydrogens is 256 g/mol. The van der Waals surface area contributed by atoms with Crippen molar-refractivity contribution >= 4 is 5.78 Å². The molecule has 0 aliphatic heterocycles. The summed E-state index contributed by atoms with van der Waals surface area (Å²) >= 11 is 0. The first-order valence-electron chi connectivity index (χ1n) is 7.87. The van der Waals surface area contributed by atoms with Crippen molar-refractivity contribution in [2.45, 2.75) is 38.5 Å². The third-order valence-electron chi connectivity index (χ3n) is 4.59. The van der Waals surface area contributed by atoms with Gasteiger partial charge in [0.2, 0.25) is 0 Å². The zero-order chi connectivity index (χ0) is 14.7. The van der Waals surface area contributed by atoms with E-state index in [1.165, 1.54) is 16.7 Å². The molecule has 0 radical (unpaired) electrons. The lowest BCUT2D eigenvalue weighted by molar-refractivity contribution is -0.123. The number of hydrogen-bond donors (Lipinski definition) is 0. The minimum Gasteiger partial charge on any atom is -0.299 e. The topological polar surface area (TPSA) is 17.1 Å². The first kappa shape index (κ1) is 14.1. The number of carbonyl (C=O) groups is 1. The third kappa shape index (κ3) is 3.24. The Morgan fingerprint density at radius 1 is 1.00 bits per heavy atom. The number of ketones is 1. The maximum Gasteiger partial charge on any atom is 0.140 e. The van der Waals surface area contributed by atoms with Crippen molar-refractivity contribution in [1.82, 2.24) is 0 Å². The Morgan fingerprint density at radius 3 is 2.43 bits per heavy atom. The van der Waals surface area contributed by atoms with Crippen molar-refractivity contribution in [2.75, 3.05) is 0 Å². The molecule has 2 aromatic rings. The van der Waals surface area contributed by atoms with Crippen LogP contribution in [0.15, 0.2) is 54.6 Å². The Hall–Kier alpha value is -1.89. The molecule has 0 amide bonds. The van der Waals surface area contributed by atoms with Crippen molar-refractivity contribution in [3.8, 4) is 0 Å². The van der Waals surface area contributed by atoms with Gasteiger partial charge >= 0.3 is 0 Å². The van der Waals surface area contributed by atoms with Crippen LogP contribution in [0.3, 0.4) is 0 Å². The second-order valence-electron chi connectivity index (χ2n) is 6.20. The van der Waals surface area contributed by atoms with E-state index >= 15 is 0 Å². The van der Waals surface area contributed by atoms with Crippen molar-refractivity contribution in [1.29, 1.82) is 0 Å². The first-order valence-corrected chi connectivity index (χ1v) is 7.87. The van der Waals surface area contributed by atoms with E-state index in [1.807, 2.05) is 6.07 Å². The largest absolute Gasteiger partial charge is 0.299 e. The van der Waals surface area contributed by atoms with Crippen molar-refractivity contribution in [2.24, 2.45) is 5.92 Å². The van der Waals surface area contributed by atoms with Gasteiger partial charge in [-0.15, -0.1) is 0 Å². The molecule has 1 aliphatic carbocycles. The molecule has 0 N–H and O–H groups in total. The molecule has 0 unspecified atom stereocenters. The lowest BCUT2D eigenvalue weighted by atomic mass is 9.72. The molecule has 3 rings (SSSR count). The van der Waals surface area contributed by atoms with Crippen LogP contribution in [0.1, 0.15) is 41.9 Å². The van der Waals surface area contributed by atoms with E-state index in [4.69, 9.17) is 0 Å². The fourth-order valence-electron chi connectivity index (χ4n) is 3.49. The third-order valence-corrected chi connectivity index (χ3v) is 4.59. The lowest BCUT2D eigenvalue weighted by Gasteiger charge is -2.31. The summed E-state index contributed by atoms with van der Waals surface area (Å²) in [5.41, 5.74) is 3.79. The maximum absolute atomic E-state index is 12.5. The molecule has 0 spiro atoms. The zero-order valence-corrected chi connectivity index (χ0v) is 12.6. The molecular formula is C20H22O. The number of carbonyl (C=O) groups excluding carboxylic acids is 1. The molecule has 1 fully saturated rings. The minimum atomic E-state index is 0.0829. The van der Waals surface area contributed by atoms with Gasteiger partial charge in [-0.2, -0.15) is 0 Å². The molecule has 0 aromatic heterocycles. The molecule has 1 heteroatoms. The van der Waals surface area contributed by atoms with Crippen LogP contribution in [-0.2, 0) is 11.2 Å². The number of benzene rings is 2. The van der Waals surface area contributed by atoms with Crippen LogP contribution >= 0.6 is 0 Å². The van der Waals surface area contributed by atoms with Gasteiger partial charge in [-0.25, -0.2) is 0 Å². The summed E-state index contributed by atoms with van der Waals surface area (Å²) in [7, 11) is 0. The minimum absolute atomic E-state index is 0.0829. The Morgan fingerprint density at radius 2 is 1.71 bits per heavy atom. The fourth-order valence-corrected chi connectivity index (χ4v) is 3.49. The Kier molecular flexibility index (Phi) is 4.19. The van der Waals surface area contributed by atoms with Gasteiger partial charge in [0.1, 0.15) is 5.78 Å². The molecule has 2 aromatic carbocycles. The van der Waals surface area contributed by atoms with Crippen LogP contribution in [0.4, 0.5) is 0 Å². The lowest BCUT2D eigenvalue weighted by Crippen LogP contribution is -2.28. The van der Waals surface area contributed by atoms with Crippen molar-refractivity contribution < 1.29 is 4.79 Å². The number of aryl methyl sites for hydroxylation is 1. The average Bonchev–Trinajstić information content (AvgIpc) is 2.50. The molecule has 1 nitrogen and oxygen atoms in total. The molecule has 0 bridgehead atoms.